The Morgan fingerprint density at radius 1 is 1.00 bits per heavy atom. The lowest BCUT2D eigenvalue weighted by Gasteiger charge is -2.27. The Balaban J connectivity index is 2.33. The van der Waals surface area contributed by atoms with Crippen molar-refractivity contribution in [3.8, 4) is 0 Å². The summed E-state index contributed by atoms with van der Waals surface area (Å²) in [6, 6.07) is 15.9. The minimum absolute atomic E-state index is 0.218. The highest BCUT2D eigenvalue weighted by atomic mass is 31.2. The monoisotopic (exact) mass is 351 g/mol. The fraction of sp³-hybridized carbons (Fsp3) is 0.333. The summed E-state index contributed by atoms with van der Waals surface area (Å²) < 4.78 is 38.4. The Hall–Kier alpha value is -1.52. The number of nitrogens with one attached hydrogen (secondary N) is 1. The van der Waals surface area contributed by atoms with Crippen LogP contribution in [0.25, 0.3) is 0 Å². The van der Waals surface area contributed by atoms with E-state index in [2.05, 4.69) is 5.32 Å². The van der Waals surface area contributed by atoms with Crippen LogP contribution in [-0.2, 0) is 20.2 Å². The van der Waals surface area contributed by atoms with Gasteiger partial charge < -0.3 is 9.05 Å². The van der Waals surface area contributed by atoms with Crippen LogP contribution < -0.4 is 5.32 Å². The van der Waals surface area contributed by atoms with Crippen molar-refractivity contribution in [1.29, 1.82) is 0 Å². The highest BCUT2D eigenvalue weighted by Crippen LogP contribution is 2.59. The molecule has 24 heavy (non-hydrogen) atoms. The van der Waals surface area contributed by atoms with E-state index in [1.807, 2.05) is 30.3 Å². The van der Waals surface area contributed by atoms with Crippen LogP contribution in [0.4, 0.5) is 4.39 Å². The van der Waals surface area contributed by atoms with E-state index in [1.165, 1.54) is 6.07 Å². The van der Waals surface area contributed by atoms with Gasteiger partial charge in [0.1, 0.15) is 11.6 Å². The lowest BCUT2D eigenvalue weighted by atomic mass is 10.2. The normalized spacial score (nSPS) is 13.0. The van der Waals surface area contributed by atoms with Crippen molar-refractivity contribution in [3.05, 3.63) is 71.5 Å². The van der Waals surface area contributed by atoms with Gasteiger partial charge in [0.25, 0.3) is 0 Å². The van der Waals surface area contributed by atoms with Gasteiger partial charge in [-0.2, -0.15) is 0 Å². The van der Waals surface area contributed by atoms with Crippen LogP contribution in [0.15, 0.2) is 54.6 Å². The molecule has 130 valence electrons. The molecule has 0 bridgehead atoms. The molecule has 0 aliphatic carbocycles. The molecule has 0 heterocycles. The van der Waals surface area contributed by atoms with Crippen LogP contribution >= 0.6 is 7.60 Å². The van der Waals surface area contributed by atoms with Gasteiger partial charge in [-0.25, -0.2) is 4.39 Å². The van der Waals surface area contributed by atoms with Crippen LogP contribution in [0.3, 0.4) is 0 Å². The van der Waals surface area contributed by atoms with Gasteiger partial charge in [-0.05, 0) is 25.5 Å². The summed E-state index contributed by atoms with van der Waals surface area (Å²) >= 11 is 0. The van der Waals surface area contributed by atoms with Gasteiger partial charge in [0.2, 0.25) is 0 Å². The second kappa shape index (κ2) is 9.09. The molecule has 1 N–H and O–H groups in total. The smallest absolute Gasteiger partial charge is 0.308 e. The van der Waals surface area contributed by atoms with Crippen molar-refractivity contribution < 1.29 is 18.0 Å². The van der Waals surface area contributed by atoms with Crippen molar-refractivity contribution in [3.63, 3.8) is 0 Å². The fourth-order valence-corrected chi connectivity index (χ4v) is 4.40. The number of halogens is 1. The van der Waals surface area contributed by atoms with Crippen LogP contribution in [0, 0.1) is 5.82 Å². The minimum atomic E-state index is -3.57. The third-order valence-electron chi connectivity index (χ3n) is 3.48. The summed E-state index contributed by atoms with van der Waals surface area (Å²) in [5.41, 5.74) is 1.28. The molecule has 1 unspecified atom stereocenters. The Morgan fingerprint density at radius 3 is 2.17 bits per heavy atom. The molecule has 0 saturated heterocycles. The second-order valence-electron chi connectivity index (χ2n) is 5.17. The van der Waals surface area contributed by atoms with E-state index in [-0.39, 0.29) is 18.8 Å². The van der Waals surface area contributed by atoms with Gasteiger partial charge in [-0.3, -0.25) is 9.88 Å². The molecular weight excluding hydrogens is 328 g/mol. The molecule has 1 atom stereocenters. The van der Waals surface area contributed by atoms with Gasteiger partial charge in [0.15, 0.2) is 0 Å². The molecule has 0 spiro atoms. The first-order chi connectivity index (χ1) is 11.6. The van der Waals surface area contributed by atoms with Gasteiger partial charge in [-0.1, -0.05) is 48.5 Å². The van der Waals surface area contributed by atoms with Crippen LogP contribution in [0.1, 0.15) is 30.8 Å². The average molecular weight is 351 g/mol. The maximum absolute atomic E-state index is 14.3. The summed E-state index contributed by atoms with van der Waals surface area (Å²) in [7, 11) is -3.57. The van der Waals surface area contributed by atoms with Crippen LogP contribution in [0.5, 0.6) is 0 Å². The summed E-state index contributed by atoms with van der Waals surface area (Å²) in [5.74, 6) is -1.32. The Bertz CT molecular complexity index is 671. The molecule has 0 aliphatic heterocycles. The first kappa shape index (κ1) is 18.8. The van der Waals surface area contributed by atoms with Gasteiger partial charge in [-0.15, -0.1) is 0 Å². The molecule has 2 aromatic rings. The summed E-state index contributed by atoms with van der Waals surface area (Å²) in [6.45, 7) is 4.33. The van der Waals surface area contributed by atoms with E-state index in [0.29, 0.717) is 6.54 Å². The molecule has 0 aromatic heterocycles. The van der Waals surface area contributed by atoms with E-state index in [1.54, 1.807) is 32.0 Å². The van der Waals surface area contributed by atoms with Crippen molar-refractivity contribution in [2.75, 3.05) is 13.2 Å². The molecule has 0 saturated carbocycles. The van der Waals surface area contributed by atoms with E-state index < -0.39 is 19.2 Å². The largest absolute Gasteiger partial charge is 0.352 e. The molecule has 4 nitrogen and oxygen atoms in total. The maximum atomic E-state index is 14.3. The summed E-state index contributed by atoms with van der Waals surface area (Å²) in [4.78, 5) is 0. The van der Waals surface area contributed by atoms with Gasteiger partial charge >= 0.3 is 7.60 Å². The molecule has 2 aromatic carbocycles. The quantitative estimate of drug-likeness (QED) is 0.654. The predicted octanol–water partition coefficient (Wildman–Crippen LogP) is 4.88. The third-order valence-corrected chi connectivity index (χ3v) is 5.81. The molecule has 0 aliphatic rings. The van der Waals surface area contributed by atoms with Crippen LogP contribution in [0.2, 0.25) is 0 Å². The molecule has 0 radical (unpaired) electrons. The molecular formula is C18H23FNO3P. The maximum Gasteiger partial charge on any atom is 0.352 e. The van der Waals surface area contributed by atoms with Crippen LogP contribution in [-0.4, -0.2) is 13.2 Å². The molecule has 0 amide bonds. The van der Waals surface area contributed by atoms with Gasteiger partial charge in [0.05, 0.1) is 13.2 Å². The van der Waals surface area contributed by atoms with Crippen molar-refractivity contribution in [2.24, 2.45) is 0 Å². The zero-order chi connectivity index (χ0) is 17.4. The Morgan fingerprint density at radius 2 is 1.58 bits per heavy atom. The Labute approximate surface area is 142 Å². The summed E-state index contributed by atoms with van der Waals surface area (Å²) in [5, 5.41) is 3.15. The second-order valence-corrected chi connectivity index (χ2v) is 7.28. The molecule has 2 rings (SSSR count). The third kappa shape index (κ3) is 4.74. The van der Waals surface area contributed by atoms with E-state index in [9.17, 15) is 8.96 Å². The van der Waals surface area contributed by atoms with E-state index in [4.69, 9.17) is 9.05 Å². The Kier molecular flexibility index (Phi) is 7.13. The van der Waals surface area contributed by atoms with Crippen molar-refractivity contribution in [2.45, 2.75) is 26.2 Å². The molecule has 0 fully saturated rings. The van der Waals surface area contributed by atoms with Crippen molar-refractivity contribution in [1.82, 2.24) is 5.32 Å². The molecule has 6 heteroatoms. The number of hydrogen-bond acceptors (Lipinski definition) is 4. The average Bonchev–Trinajstić information content (AvgIpc) is 2.58. The lowest BCUT2D eigenvalue weighted by molar-refractivity contribution is 0.206. The standard InChI is InChI=1S/C18H23FNO3P/c1-3-22-24(21,23-4-2)18(16-12-8-9-13-17(16)19)20-14-15-10-6-5-7-11-15/h5-13,18,20H,3-4,14H2,1-2H3. The number of benzene rings is 2. The predicted molar refractivity (Wildman–Crippen MR) is 93.3 cm³/mol. The number of hydrogen-bond donors (Lipinski definition) is 1. The first-order valence-electron chi connectivity index (χ1n) is 8.01. The van der Waals surface area contributed by atoms with E-state index in [0.717, 1.165) is 5.56 Å². The van der Waals surface area contributed by atoms with Crippen molar-refractivity contribution >= 4 is 7.60 Å². The lowest BCUT2D eigenvalue weighted by Crippen LogP contribution is -2.24. The zero-order valence-corrected chi connectivity index (χ0v) is 14.8. The highest BCUT2D eigenvalue weighted by Gasteiger charge is 2.38. The SMILES string of the molecule is CCOP(=O)(OCC)C(NCc1ccccc1)c1ccccc1F. The first-order valence-corrected chi connectivity index (χ1v) is 9.62. The highest BCUT2D eigenvalue weighted by molar-refractivity contribution is 7.54. The summed E-state index contributed by atoms with van der Waals surface area (Å²) in [6.07, 6.45) is 0. The zero-order valence-electron chi connectivity index (χ0n) is 13.9. The minimum Gasteiger partial charge on any atom is -0.308 e. The van der Waals surface area contributed by atoms with Gasteiger partial charge in [0, 0.05) is 12.1 Å². The number of rotatable bonds is 9. The topological polar surface area (TPSA) is 47.6 Å². The fourth-order valence-electron chi connectivity index (χ4n) is 2.45. The van der Waals surface area contributed by atoms with E-state index >= 15 is 0 Å².